The highest BCUT2D eigenvalue weighted by Crippen LogP contribution is 2.36. The number of hydrogen-bond acceptors (Lipinski definition) is 3. The Kier molecular flexibility index (Phi) is 3.68. The summed E-state index contributed by atoms with van der Waals surface area (Å²) in [6.45, 7) is 2.13. The van der Waals surface area contributed by atoms with Crippen molar-refractivity contribution in [1.82, 2.24) is 9.97 Å². The fourth-order valence-electron chi connectivity index (χ4n) is 4.23. The van der Waals surface area contributed by atoms with Gasteiger partial charge in [-0.3, -0.25) is 9.97 Å². The first-order valence-electron chi connectivity index (χ1n) is 10.0. The Hall–Kier alpha value is -3.98. The number of hydrogen-bond donors (Lipinski definition) is 0. The molecule has 0 bridgehead atoms. The number of fused-ring (bicyclic) bond motifs is 4. The number of para-hydroxylation sites is 2. The van der Waals surface area contributed by atoms with Crippen LogP contribution in [-0.2, 0) is 0 Å². The van der Waals surface area contributed by atoms with Gasteiger partial charge in [0.25, 0.3) is 0 Å². The van der Waals surface area contributed by atoms with E-state index in [1.165, 1.54) is 11.1 Å². The van der Waals surface area contributed by atoms with Crippen LogP contribution in [0.3, 0.4) is 0 Å². The quantitative estimate of drug-likeness (QED) is 0.317. The molecule has 0 fully saturated rings. The van der Waals surface area contributed by atoms with E-state index in [0.717, 1.165) is 49.7 Å². The predicted molar refractivity (Wildman–Crippen MR) is 122 cm³/mol. The summed E-state index contributed by atoms with van der Waals surface area (Å²) in [4.78, 5) is 9.15. The summed E-state index contributed by atoms with van der Waals surface area (Å²) in [6.07, 6.45) is 3.71. The molecule has 3 aromatic heterocycles. The molecular weight excluding hydrogens is 368 g/mol. The van der Waals surface area contributed by atoms with Gasteiger partial charge in [0.1, 0.15) is 11.2 Å². The van der Waals surface area contributed by atoms with Crippen LogP contribution in [0.25, 0.3) is 55.2 Å². The maximum atomic E-state index is 6.22. The van der Waals surface area contributed by atoms with Crippen molar-refractivity contribution in [3.63, 3.8) is 0 Å². The SMILES string of the molecule is Cc1cc2ncccc2cc1-c1ccnc(-c2cccc3c2oc2ccccc23)c1. The van der Waals surface area contributed by atoms with E-state index in [1.807, 2.05) is 36.7 Å². The van der Waals surface area contributed by atoms with Crippen molar-refractivity contribution in [3.05, 3.63) is 96.8 Å². The first kappa shape index (κ1) is 16.9. The molecule has 0 spiro atoms. The summed E-state index contributed by atoms with van der Waals surface area (Å²) in [7, 11) is 0. The fourth-order valence-corrected chi connectivity index (χ4v) is 4.23. The van der Waals surface area contributed by atoms with Crippen LogP contribution in [0, 0.1) is 6.92 Å². The minimum Gasteiger partial charge on any atom is -0.455 e. The second-order valence-electron chi connectivity index (χ2n) is 7.57. The summed E-state index contributed by atoms with van der Waals surface area (Å²) in [5.74, 6) is 0. The van der Waals surface area contributed by atoms with E-state index in [0.29, 0.717) is 0 Å². The molecule has 3 heteroatoms. The summed E-state index contributed by atoms with van der Waals surface area (Å²) < 4.78 is 6.22. The van der Waals surface area contributed by atoms with E-state index in [4.69, 9.17) is 4.42 Å². The molecule has 0 aliphatic carbocycles. The zero-order chi connectivity index (χ0) is 20.1. The number of pyridine rings is 2. The smallest absolute Gasteiger partial charge is 0.144 e. The molecule has 30 heavy (non-hydrogen) atoms. The summed E-state index contributed by atoms with van der Waals surface area (Å²) in [5, 5.41) is 3.38. The first-order chi connectivity index (χ1) is 14.8. The molecule has 0 amide bonds. The zero-order valence-corrected chi connectivity index (χ0v) is 16.5. The molecule has 6 aromatic rings. The highest BCUT2D eigenvalue weighted by Gasteiger charge is 2.14. The van der Waals surface area contributed by atoms with Crippen LogP contribution < -0.4 is 0 Å². The topological polar surface area (TPSA) is 38.9 Å². The van der Waals surface area contributed by atoms with Crippen LogP contribution in [0.15, 0.2) is 95.7 Å². The lowest BCUT2D eigenvalue weighted by Gasteiger charge is -2.10. The molecule has 3 heterocycles. The highest BCUT2D eigenvalue weighted by atomic mass is 16.3. The van der Waals surface area contributed by atoms with Crippen LogP contribution in [-0.4, -0.2) is 9.97 Å². The lowest BCUT2D eigenvalue weighted by molar-refractivity contribution is 0.670. The van der Waals surface area contributed by atoms with Crippen LogP contribution in [0.1, 0.15) is 5.56 Å². The number of benzene rings is 3. The Bertz CT molecular complexity index is 1560. The van der Waals surface area contributed by atoms with Crippen molar-refractivity contribution >= 4 is 32.8 Å². The van der Waals surface area contributed by atoms with Crippen LogP contribution >= 0.6 is 0 Å². The average Bonchev–Trinajstić information content (AvgIpc) is 3.17. The Morgan fingerprint density at radius 3 is 2.57 bits per heavy atom. The Labute approximate surface area is 173 Å². The van der Waals surface area contributed by atoms with Gasteiger partial charge in [-0.2, -0.15) is 0 Å². The molecule has 142 valence electrons. The van der Waals surface area contributed by atoms with Gasteiger partial charge in [0.05, 0.1) is 11.2 Å². The Balaban J connectivity index is 1.55. The minimum absolute atomic E-state index is 0.878. The molecule has 3 nitrogen and oxygen atoms in total. The van der Waals surface area contributed by atoms with Gasteiger partial charge in [0.15, 0.2) is 0 Å². The van der Waals surface area contributed by atoms with Crippen molar-refractivity contribution in [2.75, 3.05) is 0 Å². The van der Waals surface area contributed by atoms with Gasteiger partial charge in [-0.25, -0.2) is 0 Å². The summed E-state index contributed by atoms with van der Waals surface area (Å²) in [6, 6.07) is 27.0. The molecule has 0 radical (unpaired) electrons. The molecule has 3 aromatic carbocycles. The maximum absolute atomic E-state index is 6.22. The predicted octanol–water partition coefficient (Wildman–Crippen LogP) is 7.17. The third kappa shape index (κ3) is 2.60. The Morgan fingerprint density at radius 2 is 1.60 bits per heavy atom. The van der Waals surface area contributed by atoms with E-state index in [1.54, 1.807) is 0 Å². The number of aromatic nitrogens is 2. The molecule has 0 unspecified atom stereocenters. The fraction of sp³-hybridized carbons (Fsp3) is 0.0370. The van der Waals surface area contributed by atoms with Gasteiger partial charge in [-0.05, 0) is 66.1 Å². The van der Waals surface area contributed by atoms with Gasteiger partial charge in [-0.1, -0.05) is 36.4 Å². The standard InChI is InChI=1S/C27H18N2O/c1-17-14-24-19(6-5-12-28-24)15-23(17)18-11-13-29-25(16-18)22-9-4-8-21-20-7-2-3-10-26(20)30-27(21)22/h2-16H,1H3. The monoisotopic (exact) mass is 386 g/mol. The highest BCUT2D eigenvalue weighted by molar-refractivity contribution is 6.09. The normalized spacial score (nSPS) is 11.5. The van der Waals surface area contributed by atoms with E-state index >= 15 is 0 Å². The lowest BCUT2D eigenvalue weighted by Crippen LogP contribution is -1.89. The maximum Gasteiger partial charge on any atom is 0.144 e. The van der Waals surface area contributed by atoms with Crippen LogP contribution in [0.2, 0.25) is 0 Å². The average molecular weight is 386 g/mol. The molecule has 0 atom stereocenters. The molecular formula is C27H18N2O. The van der Waals surface area contributed by atoms with Crippen molar-refractivity contribution in [3.8, 4) is 22.4 Å². The second kappa shape index (κ2) is 6.53. The lowest BCUT2D eigenvalue weighted by atomic mass is 9.97. The molecule has 0 saturated carbocycles. The van der Waals surface area contributed by atoms with Gasteiger partial charge >= 0.3 is 0 Å². The van der Waals surface area contributed by atoms with Crippen molar-refractivity contribution in [2.45, 2.75) is 6.92 Å². The van der Waals surface area contributed by atoms with Gasteiger partial charge in [-0.15, -0.1) is 0 Å². The van der Waals surface area contributed by atoms with Crippen molar-refractivity contribution < 1.29 is 4.42 Å². The van der Waals surface area contributed by atoms with Gasteiger partial charge < -0.3 is 4.42 Å². The molecule has 0 aliphatic heterocycles. The largest absolute Gasteiger partial charge is 0.455 e. The van der Waals surface area contributed by atoms with Gasteiger partial charge in [0, 0.05) is 34.1 Å². The van der Waals surface area contributed by atoms with E-state index < -0.39 is 0 Å². The van der Waals surface area contributed by atoms with E-state index in [-0.39, 0.29) is 0 Å². The zero-order valence-electron chi connectivity index (χ0n) is 16.5. The molecule has 0 saturated heterocycles. The molecule has 0 N–H and O–H groups in total. The third-order valence-corrected chi connectivity index (χ3v) is 5.70. The number of furan rings is 1. The van der Waals surface area contributed by atoms with E-state index in [2.05, 4.69) is 71.5 Å². The number of nitrogens with zero attached hydrogens (tertiary/aromatic N) is 2. The number of aryl methyl sites for hydroxylation is 1. The molecule has 6 rings (SSSR count). The second-order valence-corrected chi connectivity index (χ2v) is 7.57. The van der Waals surface area contributed by atoms with Crippen LogP contribution in [0.4, 0.5) is 0 Å². The third-order valence-electron chi connectivity index (χ3n) is 5.70. The van der Waals surface area contributed by atoms with Crippen molar-refractivity contribution in [2.24, 2.45) is 0 Å². The van der Waals surface area contributed by atoms with Crippen molar-refractivity contribution in [1.29, 1.82) is 0 Å². The summed E-state index contributed by atoms with van der Waals surface area (Å²) >= 11 is 0. The molecule has 0 aliphatic rings. The Morgan fingerprint density at radius 1 is 0.700 bits per heavy atom. The van der Waals surface area contributed by atoms with Gasteiger partial charge in [0.2, 0.25) is 0 Å². The van der Waals surface area contributed by atoms with E-state index in [9.17, 15) is 0 Å². The number of rotatable bonds is 2. The minimum atomic E-state index is 0.878. The summed E-state index contributed by atoms with van der Waals surface area (Å²) in [5.41, 5.74) is 8.22. The first-order valence-corrected chi connectivity index (χ1v) is 10.0. The van der Waals surface area contributed by atoms with Crippen LogP contribution in [0.5, 0.6) is 0 Å².